The van der Waals surface area contributed by atoms with E-state index in [0.717, 1.165) is 0 Å². The molecule has 0 spiro atoms. The molecule has 3 radical (unpaired) electrons. The van der Waals surface area contributed by atoms with Gasteiger partial charge in [-0.2, -0.15) is 0 Å². The summed E-state index contributed by atoms with van der Waals surface area (Å²) in [4.78, 5) is 0. The van der Waals surface area contributed by atoms with E-state index in [1.54, 1.807) is 0 Å². The summed E-state index contributed by atoms with van der Waals surface area (Å²) in [5.41, 5.74) is 0. The van der Waals surface area contributed by atoms with Crippen LogP contribution in [0.15, 0.2) is 0 Å². The second kappa shape index (κ2) is 2.86. The van der Waals surface area contributed by atoms with Crippen molar-refractivity contribution >= 4 is 20.2 Å². The Hall–Kier alpha value is 0.770. The Bertz CT molecular complexity index is 92.0. The van der Waals surface area contributed by atoms with Crippen molar-refractivity contribution in [1.82, 2.24) is 0 Å². The molecule has 0 saturated carbocycles. The molecule has 0 rings (SSSR count). The maximum atomic E-state index is 8.89. The van der Waals surface area contributed by atoms with Gasteiger partial charge >= 0.3 is 17.0 Å². The molecular weight excluding hydrogens is 192 g/mol. The molecule has 0 aromatic carbocycles. The standard InChI is InChI=1S/Br.H2O3S2/c;1-5(2,3)4/h;(H2,1,2,3,4)/q+2;/p-2. The van der Waals surface area contributed by atoms with Crippen LogP contribution in [0.4, 0.5) is 0 Å². The molecule has 0 atom stereocenters. The fourth-order valence-corrected chi connectivity index (χ4v) is 0. The van der Waals surface area contributed by atoms with Crippen LogP contribution in [0.3, 0.4) is 0 Å². The molecular formula is BrO3S2. The molecule has 37 valence electrons. The van der Waals surface area contributed by atoms with Crippen LogP contribution in [0.2, 0.25) is 0 Å². The topological polar surface area (TPSA) is 63.2 Å². The van der Waals surface area contributed by atoms with Crippen molar-refractivity contribution in [2.24, 2.45) is 0 Å². The quantitative estimate of drug-likeness (QED) is 0.493. The van der Waals surface area contributed by atoms with Gasteiger partial charge in [-0.05, 0) is 11.2 Å². The maximum Gasteiger partial charge on any atom is 2.00 e. The lowest BCUT2D eigenvalue weighted by Crippen LogP contribution is -1.88. The SMILES string of the molecule is O=S([O-])([O-])=S.[Br+2]. The predicted octanol–water partition coefficient (Wildman–Crippen LogP) is -1.01. The van der Waals surface area contributed by atoms with E-state index in [-0.39, 0.29) is 17.0 Å². The van der Waals surface area contributed by atoms with Gasteiger partial charge < -0.3 is 9.11 Å². The third-order valence-electron chi connectivity index (χ3n) is 0. The summed E-state index contributed by atoms with van der Waals surface area (Å²) in [6.07, 6.45) is 0. The first kappa shape index (κ1) is 9.91. The summed E-state index contributed by atoms with van der Waals surface area (Å²) in [7, 11) is -4.33. The van der Waals surface area contributed by atoms with Crippen LogP contribution in [0, 0.1) is 17.0 Å². The highest BCUT2D eigenvalue weighted by atomic mass is 79.9. The van der Waals surface area contributed by atoms with Gasteiger partial charge in [-0.15, -0.1) is 9.05 Å². The van der Waals surface area contributed by atoms with Crippen molar-refractivity contribution in [3.8, 4) is 0 Å². The molecule has 0 unspecified atom stereocenters. The predicted molar refractivity (Wildman–Crippen MR) is 17.1 cm³/mol. The van der Waals surface area contributed by atoms with Gasteiger partial charge in [0.25, 0.3) is 0 Å². The minimum atomic E-state index is -4.33. The van der Waals surface area contributed by atoms with Crippen LogP contribution < -0.4 is 0 Å². The van der Waals surface area contributed by atoms with E-state index in [1.807, 2.05) is 0 Å². The summed E-state index contributed by atoms with van der Waals surface area (Å²) in [6.45, 7) is 0. The molecule has 0 bridgehead atoms. The minimum absolute atomic E-state index is 0. The van der Waals surface area contributed by atoms with Crippen LogP contribution in [0.1, 0.15) is 0 Å². The van der Waals surface area contributed by atoms with E-state index in [4.69, 9.17) is 13.3 Å². The van der Waals surface area contributed by atoms with E-state index in [1.165, 1.54) is 0 Å². The number of hydrogen-bond acceptors (Lipinski definition) is 4. The molecule has 0 aliphatic carbocycles. The van der Waals surface area contributed by atoms with E-state index in [2.05, 4.69) is 11.2 Å². The molecule has 0 aliphatic rings. The van der Waals surface area contributed by atoms with E-state index in [0.29, 0.717) is 0 Å². The molecule has 0 aliphatic heterocycles. The molecule has 0 saturated heterocycles. The average molecular weight is 192 g/mol. The second-order valence-corrected chi connectivity index (χ2v) is 2.45. The van der Waals surface area contributed by atoms with Gasteiger partial charge in [0.1, 0.15) is 0 Å². The Morgan fingerprint density at radius 2 is 1.50 bits per heavy atom. The summed E-state index contributed by atoms with van der Waals surface area (Å²) in [5.74, 6) is 0. The largest absolute Gasteiger partial charge is 2.00 e. The molecule has 6 heavy (non-hydrogen) atoms. The average Bonchev–Trinajstić information content (AvgIpc) is 0.722. The number of rotatable bonds is 0. The Kier molecular flexibility index (Phi) is 4.73. The van der Waals surface area contributed by atoms with Gasteiger partial charge in [0.15, 0.2) is 0 Å². The van der Waals surface area contributed by atoms with E-state index in [9.17, 15) is 0 Å². The van der Waals surface area contributed by atoms with Gasteiger partial charge in [0.2, 0.25) is 0 Å². The molecule has 3 nitrogen and oxygen atoms in total. The fourth-order valence-electron chi connectivity index (χ4n) is 0. The first-order valence-corrected chi connectivity index (χ1v) is 3.00. The van der Waals surface area contributed by atoms with Crippen LogP contribution >= 0.6 is 0 Å². The van der Waals surface area contributed by atoms with E-state index >= 15 is 0 Å². The van der Waals surface area contributed by atoms with Crippen molar-refractivity contribution in [1.29, 1.82) is 0 Å². The van der Waals surface area contributed by atoms with Gasteiger partial charge in [-0.3, -0.25) is 4.21 Å². The van der Waals surface area contributed by atoms with Gasteiger partial charge in [0.05, 0.1) is 0 Å². The van der Waals surface area contributed by atoms with Crippen molar-refractivity contribution in [3.63, 3.8) is 0 Å². The van der Waals surface area contributed by atoms with Gasteiger partial charge in [-0.1, -0.05) is 0 Å². The third kappa shape index (κ3) is 114. The highest BCUT2D eigenvalue weighted by Crippen LogP contribution is 1.60. The summed E-state index contributed by atoms with van der Waals surface area (Å²) in [5, 5.41) is 0. The van der Waals surface area contributed by atoms with E-state index < -0.39 is 9.05 Å². The highest BCUT2D eigenvalue weighted by molar-refractivity contribution is 8.26. The third-order valence-corrected chi connectivity index (χ3v) is 0. The Balaban J connectivity index is 0. The lowest BCUT2D eigenvalue weighted by Gasteiger charge is -2.12. The Labute approximate surface area is 50.8 Å². The van der Waals surface area contributed by atoms with Crippen LogP contribution in [0.5, 0.6) is 0 Å². The first-order valence-electron chi connectivity index (χ1n) is 0.667. The molecule has 0 amide bonds. The zero-order valence-corrected chi connectivity index (χ0v) is 5.64. The fraction of sp³-hybridized carbons (Fsp3) is 0. The Morgan fingerprint density at radius 1 is 1.50 bits per heavy atom. The highest BCUT2D eigenvalue weighted by Gasteiger charge is 2.00. The van der Waals surface area contributed by atoms with Crippen molar-refractivity contribution in [3.05, 3.63) is 0 Å². The first-order chi connectivity index (χ1) is 2.00. The normalized spacial score (nSPS) is 9.67. The molecule has 6 heteroatoms. The smallest absolute Gasteiger partial charge is 0.780 e. The van der Waals surface area contributed by atoms with Crippen molar-refractivity contribution < 1.29 is 30.3 Å². The monoisotopic (exact) mass is 191 g/mol. The number of halogens is 1. The molecule has 0 aromatic rings. The van der Waals surface area contributed by atoms with Crippen LogP contribution in [-0.2, 0) is 20.2 Å². The van der Waals surface area contributed by atoms with Crippen LogP contribution in [0.25, 0.3) is 0 Å². The summed E-state index contributed by atoms with van der Waals surface area (Å²) < 4.78 is 26.7. The summed E-state index contributed by atoms with van der Waals surface area (Å²) >= 11 is 3.24. The number of hydrogen-bond donors (Lipinski definition) is 0. The Morgan fingerprint density at radius 3 is 1.50 bits per heavy atom. The molecule has 0 heterocycles. The lowest BCUT2D eigenvalue weighted by molar-refractivity contribution is -0.00000560. The molecule has 0 aromatic heterocycles. The maximum absolute atomic E-state index is 8.89. The molecule has 0 fully saturated rings. The van der Waals surface area contributed by atoms with Crippen molar-refractivity contribution in [2.75, 3.05) is 0 Å². The van der Waals surface area contributed by atoms with Gasteiger partial charge in [0, 0.05) is 0 Å². The van der Waals surface area contributed by atoms with Crippen LogP contribution in [-0.4, -0.2) is 13.3 Å². The second-order valence-electron chi connectivity index (χ2n) is 0.408. The zero-order valence-electron chi connectivity index (χ0n) is 2.42. The van der Waals surface area contributed by atoms with Crippen molar-refractivity contribution in [2.45, 2.75) is 0 Å². The lowest BCUT2D eigenvalue weighted by atomic mass is 15.8. The van der Waals surface area contributed by atoms with Gasteiger partial charge in [-0.25, -0.2) is 0 Å². The zero-order chi connectivity index (χ0) is 4.50. The summed E-state index contributed by atoms with van der Waals surface area (Å²) in [6, 6.07) is 0. The molecule has 0 N–H and O–H groups in total. The minimum Gasteiger partial charge on any atom is -0.780 e.